The predicted molar refractivity (Wildman–Crippen MR) is 107 cm³/mol. The number of fused-ring (bicyclic) bond motifs is 1. The van der Waals surface area contributed by atoms with Gasteiger partial charge in [-0.05, 0) is 35.7 Å². The average molecular weight is 335 g/mol. The minimum atomic E-state index is -1.80. The largest absolute Gasteiger partial charge is 0.489 e. The molecule has 0 spiro atoms. The SMILES string of the molecule is C=CCOc1c(C)cc(C)cc1[Si](C)(C)C1C=Cc2ccccc21. The van der Waals surface area contributed by atoms with E-state index in [0.717, 1.165) is 5.75 Å². The maximum Gasteiger partial charge on any atom is 0.121 e. The summed E-state index contributed by atoms with van der Waals surface area (Å²) in [7, 11) is -1.80. The normalized spacial score (nSPS) is 16.1. The predicted octanol–water partition coefficient (Wildman–Crippen LogP) is 5.13. The summed E-state index contributed by atoms with van der Waals surface area (Å²) in [5.41, 5.74) is 5.84. The number of hydrogen-bond donors (Lipinski definition) is 0. The summed E-state index contributed by atoms with van der Waals surface area (Å²) in [5, 5.41) is 1.41. The third kappa shape index (κ3) is 2.87. The Labute approximate surface area is 146 Å². The Morgan fingerprint density at radius 2 is 1.92 bits per heavy atom. The second-order valence-corrected chi connectivity index (χ2v) is 11.8. The monoisotopic (exact) mass is 334 g/mol. The molecule has 2 aromatic rings. The molecule has 0 saturated carbocycles. The molecule has 0 amide bonds. The molecule has 0 aromatic heterocycles. The fraction of sp³-hybridized carbons (Fsp3) is 0.273. The molecule has 2 heteroatoms. The zero-order valence-corrected chi connectivity index (χ0v) is 16.1. The van der Waals surface area contributed by atoms with Crippen LogP contribution in [0, 0.1) is 13.8 Å². The smallest absolute Gasteiger partial charge is 0.121 e. The Balaban J connectivity index is 2.10. The molecule has 3 rings (SSSR count). The minimum absolute atomic E-state index is 0.487. The van der Waals surface area contributed by atoms with Gasteiger partial charge in [0.25, 0.3) is 0 Å². The highest BCUT2D eigenvalue weighted by atomic mass is 28.3. The summed E-state index contributed by atoms with van der Waals surface area (Å²) in [6.07, 6.45) is 6.50. The Hall–Kier alpha value is -2.06. The van der Waals surface area contributed by atoms with Crippen LogP contribution in [-0.2, 0) is 0 Å². The van der Waals surface area contributed by atoms with Crippen molar-refractivity contribution in [3.8, 4) is 5.75 Å². The third-order valence-electron chi connectivity index (χ3n) is 5.04. The van der Waals surface area contributed by atoms with Crippen LogP contribution in [0.1, 0.15) is 27.8 Å². The summed E-state index contributed by atoms with van der Waals surface area (Å²) in [6, 6.07) is 13.3. The lowest BCUT2D eigenvalue weighted by atomic mass is 10.1. The Kier molecular flexibility index (Phi) is 4.51. The topological polar surface area (TPSA) is 9.23 Å². The average Bonchev–Trinajstić information content (AvgIpc) is 2.98. The van der Waals surface area contributed by atoms with Gasteiger partial charge in [-0.1, -0.05) is 79.9 Å². The maximum atomic E-state index is 6.10. The van der Waals surface area contributed by atoms with Gasteiger partial charge in [0.05, 0.1) is 8.07 Å². The van der Waals surface area contributed by atoms with Crippen molar-refractivity contribution in [1.82, 2.24) is 0 Å². The van der Waals surface area contributed by atoms with E-state index in [1.165, 1.54) is 27.4 Å². The van der Waals surface area contributed by atoms with Crippen molar-refractivity contribution in [1.29, 1.82) is 0 Å². The van der Waals surface area contributed by atoms with Gasteiger partial charge in [-0.15, -0.1) is 0 Å². The molecule has 0 heterocycles. The first-order valence-electron chi connectivity index (χ1n) is 8.57. The fourth-order valence-corrected chi connectivity index (χ4v) is 7.22. The number of rotatable bonds is 5. The summed E-state index contributed by atoms with van der Waals surface area (Å²) in [4.78, 5) is 0. The van der Waals surface area contributed by atoms with Gasteiger partial charge in [0.1, 0.15) is 12.4 Å². The molecule has 2 aromatic carbocycles. The van der Waals surface area contributed by atoms with Crippen LogP contribution in [-0.4, -0.2) is 14.7 Å². The van der Waals surface area contributed by atoms with E-state index in [4.69, 9.17) is 4.74 Å². The van der Waals surface area contributed by atoms with Crippen LogP contribution in [0.15, 0.2) is 55.1 Å². The van der Waals surface area contributed by atoms with Crippen molar-refractivity contribution in [2.24, 2.45) is 0 Å². The molecule has 1 unspecified atom stereocenters. The van der Waals surface area contributed by atoms with Gasteiger partial charge in [-0.2, -0.15) is 0 Å². The van der Waals surface area contributed by atoms with Crippen LogP contribution in [0.3, 0.4) is 0 Å². The van der Waals surface area contributed by atoms with E-state index in [1.807, 2.05) is 6.08 Å². The van der Waals surface area contributed by atoms with Crippen molar-refractivity contribution in [2.45, 2.75) is 32.5 Å². The van der Waals surface area contributed by atoms with Gasteiger partial charge >= 0.3 is 0 Å². The summed E-state index contributed by atoms with van der Waals surface area (Å²) < 4.78 is 6.10. The third-order valence-corrected chi connectivity index (χ3v) is 8.85. The molecule has 0 fully saturated rings. The lowest BCUT2D eigenvalue weighted by Crippen LogP contribution is -2.47. The second kappa shape index (κ2) is 6.44. The van der Waals surface area contributed by atoms with Crippen molar-refractivity contribution in [3.63, 3.8) is 0 Å². The Morgan fingerprint density at radius 3 is 2.67 bits per heavy atom. The van der Waals surface area contributed by atoms with Gasteiger partial charge < -0.3 is 4.74 Å². The molecular weight excluding hydrogens is 308 g/mol. The van der Waals surface area contributed by atoms with Crippen molar-refractivity contribution >= 4 is 19.3 Å². The molecule has 0 saturated heterocycles. The van der Waals surface area contributed by atoms with E-state index in [0.29, 0.717) is 12.1 Å². The fourth-order valence-electron chi connectivity index (χ4n) is 3.81. The van der Waals surface area contributed by atoms with Crippen LogP contribution >= 0.6 is 0 Å². The van der Waals surface area contributed by atoms with Crippen LogP contribution < -0.4 is 9.92 Å². The number of aryl methyl sites for hydroxylation is 2. The first-order chi connectivity index (χ1) is 11.4. The Morgan fingerprint density at radius 1 is 1.17 bits per heavy atom. The highest BCUT2D eigenvalue weighted by Crippen LogP contribution is 2.38. The summed E-state index contributed by atoms with van der Waals surface area (Å²) >= 11 is 0. The summed E-state index contributed by atoms with van der Waals surface area (Å²) in [5.74, 6) is 1.06. The zero-order chi connectivity index (χ0) is 17.3. The molecule has 1 atom stereocenters. The molecule has 1 aliphatic carbocycles. The zero-order valence-electron chi connectivity index (χ0n) is 15.1. The maximum absolute atomic E-state index is 6.10. The lowest BCUT2D eigenvalue weighted by molar-refractivity contribution is 0.363. The molecule has 0 radical (unpaired) electrons. The molecule has 24 heavy (non-hydrogen) atoms. The first-order valence-corrected chi connectivity index (χ1v) is 11.7. The first kappa shape index (κ1) is 16.8. The van der Waals surface area contributed by atoms with E-state index in [1.54, 1.807) is 0 Å². The highest BCUT2D eigenvalue weighted by Gasteiger charge is 2.38. The molecule has 1 aliphatic rings. The van der Waals surface area contributed by atoms with Crippen molar-refractivity contribution in [3.05, 3.63) is 77.4 Å². The van der Waals surface area contributed by atoms with Crippen molar-refractivity contribution in [2.75, 3.05) is 6.61 Å². The minimum Gasteiger partial charge on any atom is -0.489 e. The highest BCUT2D eigenvalue weighted by molar-refractivity contribution is 6.92. The van der Waals surface area contributed by atoms with Gasteiger partial charge in [0.2, 0.25) is 0 Å². The summed E-state index contributed by atoms with van der Waals surface area (Å²) in [6.45, 7) is 13.6. The van der Waals surface area contributed by atoms with Crippen molar-refractivity contribution < 1.29 is 4.74 Å². The van der Waals surface area contributed by atoms with Gasteiger partial charge in [-0.25, -0.2) is 0 Å². The number of ether oxygens (including phenoxy) is 1. The Bertz CT molecular complexity index is 802. The molecular formula is C22H26OSi. The van der Waals surface area contributed by atoms with E-state index >= 15 is 0 Å². The number of hydrogen-bond acceptors (Lipinski definition) is 1. The molecule has 0 N–H and O–H groups in total. The van der Waals surface area contributed by atoms with Crippen LogP contribution in [0.5, 0.6) is 5.75 Å². The molecule has 0 bridgehead atoms. The van der Waals surface area contributed by atoms with Crippen LogP contribution in [0.4, 0.5) is 0 Å². The van der Waals surface area contributed by atoms with E-state index in [-0.39, 0.29) is 0 Å². The second-order valence-electron chi connectivity index (χ2n) is 7.25. The quantitative estimate of drug-likeness (QED) is 0.544. The van der Waals surface area contributed by atoms with Crippen LogP contribution in [0.2, 0.25) is 13.1 Å². The standard InChI is InChI=1S/C22H26OSi/c1-6-13-23-22-17(3)14-16(2)15-21(22)24(4,5)20-12-11-18-9-7-8-10-19(18)20/h6-12,14-15,20H,1,13H2,2-5H3. The van der Waals surface area contributed by atoms with Gasteiger partial charge in [0.15, 0.2) is 0 Å². The molecule has 0 aliphatic heterocycles. The van der Waals surface area contributed by atoms with E-state index < -0.39 is 8.07 Å². The number of benzene rings is 2. The molecule has 124 valence electrons. The van der Waals surface area contributed by atoms with Gasteiger partial charge in [0, 0.05) is 5.54 Å². The van der Waals surface area contributed by atoms with Crippen LogP contribution in [0.25, 0.3) is 6.08 Å². The van der Waals surface area contributed by atoms with Gasteiger partial charge in [-0.3, -0.25) is 0 Å². The number of allylic oxidation sites excluding steroid dienone is 1. The lowest BCUT2D eigenvalue weighted by Gasteiger charge is -2.32. The van der Waals surface area contributed by atoms with E-state index in [2.05, 4.69) is 82.1 Å². The molecule has 1 nitrogen and oxygen atoms in total. The van der Waals surface area contributed by atoms with E-state index in [9.17, 15) is 0 Å².